The highest BCUT2D eigenvalue weighted by atomic mass is 35.5. The third-order valence-corrected chi connectivity index (χ3v) is 3.55. The molecule has 0 unspecified atom stereocenters. The van der Waals surface area contributed by atoms with Crippen LogP contribution in [-0.4, -0.2) is 17.5 Å². The molecule has 0 heterocycles. The van der Waals surface area contributed by atoms with Crippen LogP contribution in [0.1, 0.15) is 30.9 Å². The van der Waals surface area contributed by atoms with Crippen molar-refractivity contribution in [3.8, 4) is 0 Å². The molecule has 2 N–H and O–H groups in total. The molecule has 2 nitrogen and oxygen atoms in total. The Labute approximate surface area is 102 Å². The zero-order valence-electron chi connectivity index (χ0n) is 9.75. The van der Waals surface area contributed by atoms with E-state index in [0.717, 1.165) is 29.7 Å². The summed E-state index contributed by atoms with van der Waals surface area (Å²) in [5.41, 5.74) is 7.90. The van der Waals surface area contributed by atoms with E-state index >= 15 is 0 Å². The lowest BCUT2D eigenvalue weighted by atomic mass is 10.1. The number of halogens is 1. The van der Waals surface area contributed by atoms with Crippen LogP contribution in [0, 0.1) is 0 Å². The Morgan fingerprint density at radius 1 is 1.44 bits per heavy atom. The van der Waals surface area contributed by atoms with Gasteiger partial charge in [0.05, 0.1) is 0 Å². The van der Waals surface area contributed by atoms with Crippen LogP contribution in [0.3, 0.4) is 0 Å². The highest BCUT2D eigenvalue weighted by molar-refractivity contribution is 6.31. The first-order valence-corrected chi connectivity index (χ1v) is 6.33. The van der Waals surface area contributed by atoms with Gasteiger partial charge in [-0.1, -0.05) is 30.7 Å². The number of benzene rings is 1. The predicted molar refractivity (Wildman–Crippen MR) is 68.4 cm³/mol. The van der Waals surface area contributed by atoms with E-state index in [1.807, 2.05) is 6.07 Å². The third-order valence-electron chi connectivity index (χ3n) is 3.20. The number of hydrogen-bond donors (Lipinski definition) is 1. The van der Waals surface area contributed by atoms with Gasteiger partial charge >= 0.3 is 0 Å². The van der Waals surface area contributed by atoms with Crippen LogP contribution in [0.25, 0.3) is 0 Å². The number of hydrogen-bond acceptors (Lipinski definition) is 2. The Morgan fingerprint density at radius 2 is 2.19 bits per heavy atom. The molecule has 0 bridgehead atoms. The standard InChI is InChI=1S/C13H19ClN2/c1-2-16(12-5-6-12)9-11-4-3-10(8-15)7-13(11)14/h3-4,7,12H,2,5-6,8-9,15H2,1H3. The van der Waals surface area contributed by atoms with Crippen molar-refractivity contribution in [2.45, 2.75) is 38.9 Å². The summed E-state index contributed by atoms with van der Waals surface area (Å²) in [6, 6.07) is 6.95. The van der Waals surface area contributed by atoms with E-state index in [0.29, 0.717) is 6.54 Å². The van der Waals surface area contributed by atoms with Gasteiger partial charge in [0.25, 0.3) is 0 Å². The Bertz CT molecular complexity index is 361. The molecule has 16 heavy (non-hydrogen) atoms. The summed E-state index contributed by atoms with van der Waals surface area (Å²) in [6.07, 6.45) is 2.68. The molecular formula is C13H19ClN2. The minimum atomic E-state index is 0.556. The maximum Gasteiger partial charge on any atom is 0.0454 e. The summed E-state index contributed by atoms with van der Waals surface area (Å²) in [5, 5.41) is 0.849. The summed E-state index contributed by atoms with van der Waals surface area (Å²) in [5.74, 6) is 0. The van der Waals surface area contributed by atoms with Crippen molar-refractivity contribution in [3.05, 3.63) is 34.3 Å². The van der Waals surface area contributed by atoms with E-state index in [9.17, 15) is 0 Å². The normalized spacial score (nSPS) is 15.8. The number of rotatable bonds is 5. The molecule has 1 saturated carbocycles. The van der Waals surface area contributed by atoms with Crippen LogP contribution in [0.2, 0.25) is 5.02 Å². The smallest absolute Gasteiger partial charge is 0.0454 e. The van der Waals surface area contributed by atoms with E-state index < -0.39 is 0 Å². The molecule has 1 fully saturated rings. The van der Waals surface area contributed by atoms with E-state index in [2.05, 4.69) is 24.0 Å². The molecule has 0 spiro atoms. The second-order valence-corrected chi connectivity index (χ2v) is 4.83. The molecule has 88 valence electrons. The Hall–Kier alpha value is -0.570. The van der Waals surface area contributed by atoms with E-state index in [1.54, 1.807) is 0 Å². The zero-order chi connectivity index (χ0) is 11.5. The fourth-order valence-electron chi connectivity index (χ4n) is 2.00. The average molecular weight is 239 g/mol. The summed E-state index contributed by atoms with van der Waals surface area (Å²) >= 11 is 6.25. The van der Waals surface area contributed by atoms with E-state index in [1.165, 1.54) is 18.4 Å². The van der Waals surface area contributed by atoms with Crippen molar-refractivity contribution in [3.63, 3.8) is 0 Å². The number of nitrogens with two attached hydrogens (primary N) is 1. The highest BCUT2D eigenvalue weighted by Gasteiger charge is 2.27. The summed E-state index contributed by atoms with van der Waals surface area (Å²) in [6.45, 7) is 4.82. The Morgan fingerprint density at radius 3 is 2.69 bits per heavy atom. The molecule has 1 aromatic carbocycles. The number of nitrogens with zero attached hydrogens (tertiary/aromatic N) is 1. The molecule has 1 aliphatic rings. The minimum absolute atomic E-state index is 0.556. The van der Waals surface area contributed by atoms with Crippen molar-refractivity contribution in [2.75, 3.05) is 6.54 Å². The maximum absolute atomic E-state index is 6.25. The molecular weight excluding hydrogens is 220 g/mol. The van der Waals surface area contributed by atoms with Gasteiger partial charge in [-0.05, 0) is 36.6 Å². The van der Waals surface area contributed by atoms with Gasteiger partial charge in [0.15, 0.2) is 0 Å². The monoisotopic (exact) mass is 238 g/mol. The second kappa shape index (κ2) is 5.17. The molecule has 1 aliphatic carbocycles. The lowest BCUT2D eigenvalue weighted by molar-refractivity contribution is 0.269. The second-order valence-electron chi connectivity index (χ2n) is 4.42. The van der Waals surface area contributed by atoms with Gasteiger partial charge < -0.3 is 5.73 Å². The van der Waals surface area contributed by atoms with Gasteiger partial charge in [-0.15, -0.1) is 0 Å². The molecule has 3 heteroatoms. The Balaban J connectivity index is 2.07. The molecule has 1 aromatic rings. The molecule has 0 aromatic heterocycles. The molecule has 0 amide bonds. The van der Waals surface area contributed by atoms with Crippen molar-refractivity contribution in [1.29, 1.82) is 0 Å². The topological polar surface area (TPSA) is 29.3 Å². The van der Waals surface area contributed by atoms with Gasteiger partial charge in [-0.25, -0.2) is 0 Å². The first-order valence-electron chi connectivity index (χ1n) is 5.96. The lowest BCUT2D eigenvalue weighted by Gasteiger charge is -2.20. The van der Waals surface area contributed by atoms with Crippen molar-refractivity contribution in [2.24, 2.45) is 5.73 Å². The van der Waals surface area contributed by atoms with Crippen LogP contribution in [0.5, 0.6) is 0 Å². The molecule has 0 aliphatic heterocycles. The van der Waals surface area contributed by atoms with Gasteiger partial charge in [-0.2, -0.15) is 0 Å². The summed E-state index contributed by atoms with van der Waals surface area (Å²) in [4.78, 5) is 2.49. The van der Waals surface area contributed by atoms with Crippen LogP contribution >= 0.6 is 11.6 Å². The highest BCUT2D eigenvalue weighted by Crippen LogP contribution is 2.29. The van der Waals surface area contributed by atoms with Gasteiger partial charge in [0.2, 0.25) is 0 Å². The van der Waals surface area contributed by atoms with Crippen LogP contribution in [0.15, 0.2) is 18.2 Å². The van der Waals surface area contributed by atoms with Crippen molar-refractivity contribution >= 4 is 11.6 Å². The van der Waals surface area contributed by atoms with Crippen LogP contribution in [-0.2, 0) is 13.1 Å². The fraction of sp³-hybridized carbons (Fsp3) is 0.538. The first-order chi connectivity index (χ1) is 7.74. The van der Waals surface area contributed by atoms with E-state index in [4.69, 9.17) is 17.3 Å². The Kier molecular flexibility index (Phi) is 3.85. The third kappa shape index (κ3) is 2.76. The predicted octanol–water partition coefficient (Wildman–Crippen LogP) is 2.78. The van der Waals surface area contributed by atoms with E-state index in [-0.39, 0.29) is 0 Å². The first kappa shape index (κ1) is 11.9. The SMILES string of the molecule is CCN(Cc1ccc(CN)cc1Cl)C1CC1. The van der Waals surface area contributed by atoms with Crippen LogP contribution in [0.4, 0.5) is 0 Å². The lowest BCUT2D eigenvalue weighted by Crippen LogP contribution is -2.25. The van der Waals surface area contributed by atoms with Crippen molar-refractivity contribution < 1.29 is 0 Å². The van der Waals surface area contributed by atoms with Gasteiger partial charge in [0, 0.05) is 24.2 Å². The molecule has 0 radical (unpaired) electrons. The zero-order valence-corrected chi connectivity index (χ0v) is 10.5. The quantitative estimate of drug-likeness (QED) is 0.855. The van der Waals surface area contributed by atoms with Crippen LogP contribution < -0.4 is 5.73 Å². The average Bonchev–Trinajstić information content (AvgIpc) is 3.11. The minimum Gasteiger partial charge on any atom is -0.326 e. The van der Waals surface area contributed by atoms with Gasteiger partial charge in [0.1, 0.15) is 0 Å². The maximum atomic E-state index is 6.25. The summed E-state index contributed by atoms with van der Waals surface area (Å²) in [7, 11) is 0. The van der Waals surface area contributed by atoms with Crippen molar-refractivity contribution in [1.82, 2.24) is 4.90 Å². The largest absolute Gasteiger partial charge is 0.326 e. The molecule has 0 atom stereocenters. The van der Waals surface area contributed by atoms with Gasteiger partial charge in [-0.3, -0.25) is 4.90 Å². The molecule has 0 saturated heterocycles. The molecule has 2 rings (SSSR count). The summed E-state index contributed by atoms with van der Waals surface area (Å²) < 4.78 is 0. The fourth-order valence-corrected chi connectivity index (χ4v) is 2.27.